The maximum absolute atomic E-state index is 13.4. The van der Waals surface area contributed by atoms with Crippen LogP contribution in [0.5, 0.6) is 0 Å². The number of likely N-dealkylation sites (tertiary alicyclic amines) is 1. The van der Waals surface area contributed by atoms with Crippen LogP contribution in [0.15, 0.2) is 59.5 Å². The lowest BCUT2D eigenvalue weighted by atomic mass is 10.0. The van der Waals surface area contributed by atoms with Crippen molar-refractivity contribution in [2.75, 3.05) is 38.5 Å². The molecule has 230 valence electrons. The molecule has 2 aliphatic rings. The number of benzene rings is 2. The van der Waals surface area contributed by atoms with Crippen LogP contribution in [0.1, 0.15) is 36.9 Å². The van der Waals surface area contributed by atoms with Crippen molar-refractivity contribution in [1.29, 1.82) is 0 Å². The molecule has 0 spiro atoms. The first-order valence-electron chi connectivity index (χ1n) is 14.2. The number of carbonyl (C=O) groups is 1. The molecule has 2 saturated heterocycles. The van der Waals surface area contributed by atoms with Crippen LogP contribution in [-0.4, -0.2) is 72.6 Å². The van der Waals surface area contributed by atoms with Crippen molar-refractivity contribution in [3.8, 4) is 11.3 Å². The number of alkyl halides is 3. The molecule has 8 nitrogen and oxygen atoms in total. The number of nitrogens with one attached hydrogen (secondary N) is 1. The molecule has 3 aromatic rings. The van der Waals surface area contributed by atoms with Gasteiger partial charge in [0.1, 0.15) is 5.82 Å². The third kappa shape index (κ3) is 7.39. The van der Waals surface area contributed by atoms with Gasteiger partial charge in [0.25, 0.3) is 0 Å². The molecule has 2 fully saturated rings. The first-order chi connectivity index (χ1) is 20.4. The molecule has 2 aliphatic heterocycles. The number of aromatic nitrogens is 2. The maximum Gasteiger partial charge on any atom is 0.416 e. The average Bonchev–Trinajstić information content (AvgIpc) is 3.64. The summed E-state index contributed by atoms with van der Waals surface area (Å²) in [5.41, 5.74) is 0.629. The first-order valence-corrected chi connectivity index (χ1v) is 15.6. The van der Waals surface area contributed by atoms with Gasteiger partial charge in [-0.1, -0.05) is 12.1 Å². The van der Waals surface area contributed by atoms with Crippen LogP contribution >= 0.6 is 0 Å². The lowest BCUT2D eigenvalue weighted by Gasteiger charge is -2.23. The van der Waals surface area contributed by atoms with Gasteiger partial charge in [-0.3, -0.25) is 4.79 Å². The predicted molar refractivity (Wildman–Crippen MR) is 153 cm³/mol. The molecule has 1 unspecified atom stereocenters. The third-order valence-electron chi connectivity index (χ3n) is 7.95. The Morgan fingerprint density at radius 2 is 1.74 bits per heavy atom. The van der Waals surface area contributed by atoms with Gasteiger partial charge in [0.15, 0.2) is 5.78 Å². The van der Waals surface area contributed by atoms with Gasteiger partial charge in [0.2, 0.25) is 16.0 Å². The second kappa shape index (κ2) is 12.7. The Hall–Kier alpha value is -3.42. The number of carbonyl (C=O) groups excluding carboxylic acids is 1. The van der Waals surface area contributed by atoms with Crippen molar-refractivity contribution in [2.45, 2.75) is 49.2 Å². The van der Waals surface area contributed by atoms with E-state index in [1.165, 1.54) is 28.6 Å². The number of Topliss-reactive ketones (excluding diaryl/α,β-unsaturated/α-hetero) is 1. The molecule has 13 heteroatoms. The van der Waals surface area contributed by atoms with Gasteiger partial charge in [-0.25, -0.2) is 22.8 Å². The highest BCUT2D eigenvalue weighted by atomic mass is 32.2. The summed E-state index contributed by atoms with van der Waals surface area (Å²) < 4.78 is 80.3. The minimum Gasteiger partial charge on any atom is -0.354 e. The SMILES string of the molecule is CN1CCC(CNc2nc(CCC(=O)[C@@H]3CCCN3S(=O)(=O)c3ccc(F)cc3)cc(-c3ccc(C(F)(F)F)cc3)n2)C1. The second-order valence-corrected chi connectivity index (χ2v) is 13.0. The molecule has 3 heterocycles. The fraction of sp³-hybridized carbons (Fsp3) is 0.433. The maximum atomic E-state index is 13.4. The molecule has 0 amide bonds. The van der Waals surface area contributed by atoms with Gasteiger partial charge >= 0.3 is 6.18 Å². The molecule has 2 atom stereocenters. The molecule has 0 radical (unpaired) electrons. The summed E-state index contributed by atoms with van der Waals surface area (Å²) in [6, 6.07) is 10.0. The minimum atomic E-state index is -4.46. The van der Waals surface area contributed by atoms with Gasteiger partial charge in [0, 0.05) is 37.3 Å². The van der Waals surface area contributed by atoms with Crippen LogP contribution < -0.4 is 5.32 Å². The van der Waals surface area contributed by atoms with Crippen molar-refractivity contribution in [1.82, 2.24) is 19.2 Å². The highest BCUT2D eigenvalue weighted by Crippen LogP contribution is 2.32. The molecule has 0 saturated carbocycles. The number of aryl methyl sites for hydroxylation is 1. The Balaban J connectivity index is 1.33. The number of nitrogens with zero attached hydrogens (tertiary/aromatic N) is 4. The zero-order valence-corrected chi connectivity index (χ0v) is 24.5. The van der Waals surface area contributed by atoms with Crippen LogP contribution in [0.4, 0.5) is 23.5 Å². The monoisotopic (exact) mass is 619 g/mol. The zero-order chi connectivity index (χ0) is 30.8. The quantitative estimate of drug-likeness (QED) is 0.319. The summed E-state index contributed by atoms with van der Waals surface area (Å²) in [4.78, 5) is 24.6. The highest BCUT2D eigenvalue weighted by Gasteiger charge is 2.39. The topological polar surface area (TPSA) is 95.5 Å². The molecular formula is C30H33F4N5O3S. The summed E-state index contributed by atoms with van der Waals surface area (Å²) in [6.07, 6.45) is -2.35. The van der Waals surface area contributed by atoms with E-state index in [0.29, 0.717) is 48.2 Å². The number of sulfonamides is 1. The Morgan fingerprint density at radius 1 is 1.02 bits per heavy atom. The summed E-state index contributed by atoms with van der Waals surface area (Å²) in [6.45, 7) is 2.72. The number of hydrogen-bond acceptors (Lipinski definition) is 7. The Bertz CT molecular complexity index is 1550. The lowest BCUT2D eigenvalue weighted by Crippen LogP contribution is -2.40. The van der Waals surface area contributed by atoms with Gasteiger partial charge < -0.3 is 10.2 Å². The van der Waals surface area contributed by atoms with Crippen LogP contribution in [0.25, 0.3) is 11.3 Å². The van der Waals surface area contributed by atoms with E-state index in [1.807, 2.05) is 7.05 Å². The molecule has 1 aromatic heterocycles. The number of halogens is 4. The van der Waals surface area contributed by atoms with E-state index >= 15 is 0 Å². The fourth-order valence-corrected chi connectivity index (χ4v) is 7.30. The van der Waals surface area contributed by atoms with Gasteiger partial charge in [-0.05, 0) is 87.7 Å². The van der Waals surface area contributed by atoms with E-state index < -0.39 is 33.6 Å². The normalized spacial score (nSPS) is 20.0. The van der Waals surface area contributed by atoms with Crippen molar-refractivity contribution < 1.29 is 30.8 Å². The minimum absolute atomic E-state index is 0.0103. The van der Waals surface area contributed by atoms with E-state index in [0.717, 1.165) is 43.8 Å². The molecule has 5 rings (SSSR count). The predicted octanol–water partition coefficient (Wildman–Crippen LogP) is 5.02. The van der Waals surface area contributed by atoms with Crippen LogP contribution in [0.2, 0.25) is 0 Å². The first kappa shape index (κ1) is 31.0. The highest BCUT2D eigenvalue weighted by molar-refractivity contribution is 7.89. The Labute approximate surface area is 248 Å². The van der Waals surface area contributed by atoms with E-state index in [4.69, 9.17) is 0 Å². The summed E-state index contributed by atoms with van der Waals surface area (Å²) >= 11 is 0. The number of ketones is 1. The lowest BCUT2D eigenvalue weighted by molar-refractivity contribution is -0.137. The van der Waals surface area contributed by atoms with Crippen molar-refractivity contribution in [3.05, 3.63) is 71.7 Å². The van der Waals surface area contributed by atoms with Crippen molar-refractivity contribution in [2.24, 2.45) is 5.92 Å². The van der Waals surface area contributed by atoms with E-state index in [1.54, 1.807) is 6.07 Å². The summed E-state index contributed by atoms with van der Waals surface area (Å²) in [5, 5.41) is 3.26. The molecule has 0 bridgehead atoms. The smallest absolute Gasteiger partial charge is 0.354 e. The Morgan fingerprint density at radius 3 is 2.40 bits per heavy atom. The van der Waals surface area contributed by atoms with Crippen LogP contribution in [-0.2, 0) is 27.4 Å². The number of rotatable bonds is 10. The standard InChI is InChI=1S/C30H33F4N5O3S/c1-38-16-14-20(19-38)18-35-29-36-24(17-26(37-29)21-4-6-22(7-5-21)30(32,33)34)10-13-28(40)27-3-2-15-39(27)43(41,42)25-11-8-23(31)9-12-25/h4-9,11-12,17,20,27H,2-3,10,13-16,18-19H2,1H3,(H,35,36,37)/t20?,27-/m0/s1. The molecule has 43 heavy (non-hydrogen) atoms. The molecular weight excluding hydrogens is 586 g/mol. The van der Waals surface area contributed by atoms with Crippen molar-refractivity contribution in [3.63, 3.8) is 0 Å². The van der Waals surface area contributed by atoms with Crippen LogP contribution in [0.3, 0.4) is 0 Å². The average molecular weight is 620 g/mol. The molecule has 2 aromatic carbocycles. The zero-order valence-electron chi connectivity index (χ0n) is 23.6. The fourth-order valence-electron chi connectivity index (χ4n) is 5.62. The van der Waals surface area contributed by atoms with E-state index in [9.17, 15) is 30.8 Å². The molecule has 0 aliphatic carbocycles. The van der Waals surface area contributed by atoms with E-state index in [2.05, 4.69) is 20.2 Å². The van der Waals surface area contributed by atoms with Gasteiger partial charge in [-0.2, -0.15) is 17.5 Å². The summed E-state index contributed by atoms with van der Waals surface area (Å²) in [7, 11) is -1.94. The van der Waals surface area contributed by atoms with Crippen LogP contribution in [0, 0.1) is 11.7 Å². The van der Waals surface area contributed by atoms with E-state index in [-0.39, 0.29) is 30.1 Å². The molecule has 1 N–H and O–H groups in total. The largest absolute Gasteiger partial charge is 0.416 e. The Kier molecular flexibility index (Phi) is 9.14. The second-order valence-electron chi connectivity index (χ2n) is 11.1. The summed E-state index contributed by atoms with van der Waals surface area (Å²) in [5.74, 6) is -0.111. The van der Waals surface area contributed by atoms with Gasteiger partial charge in [0.05, 0.1) is 22.2 Å². The number of hydrogen-bond donors (Lipinski definition) is 1. The van der Waals surface area contributed by atoms with Crippen molar-refractivity contribution >= 4 is 21.8 Å². The van der Waals surface area contributed by atoms with Gasteiger partial charge in [-0.15, -0.1) is 0 Å². The number of anilines is 1. The third-order valence-corrected chi connectivity index (χ3v) is 9.87.